The molecule has 0 unspecified atom stereocenters. The highest BCUT2D eigenvalue weighted by atomic mass is 16.5. The highest BCUT2D eigenvalue weighted by molar-refractivity contribution is 5.76. The molecule has 0 fully saturated rings. The van der Waals surface area contributed by atoms with Crippen LogP contribution < -0.4 is 21.3 Å². The van der Waals surface area contributed by atoms with Gasteiger partial charge in [-0.1, -0.05) is 62.4 Å². The van der Waals surface area contributed by atoms with E-state index in [2.05, 4.69) is 10.3 Å². The fourth-order valence-electron chi connectivity index (χ4n) is 4.26. The maximum atomic E-state index is 13.4. The molecule has 0 saturated carbocycles. The van der Waals surface area contributed by atoms with Gasteiger partial charge >= 0.3 is 5.69 Å². The summed E-state index contributed by atoms with van der Waals surface area (Å²) in [5.41, 5.74) is 1.42. The molecule has 9 nitrogen and oxygen atoms in total. The van der Waals surface area contributed by atoms with Gasteiger partial charge < -0.3 is 14.6 Å². The Morgan fingerprint density at radius 2 is 1.75 bits per heavy atom. The minimum Gasteiger partial charge on any atom is -0.496 e. The van der Waals surface area contributed by atoms with Crippen LogP contribution >= 0.6 is 0 Å². The van der Waals surface area contributed by atoms with Crippen LogP contribution in [-0.2, 0) is 30.8 Å². The first-order valence-corrected chi connectivity index (χ1v) is 12.0. The van der Waals surface area contributed by atoms with Crippen LogP contribution in [0.3, 0.4) is 0 Å². The summed E-state index contributed by atoms with van der Waals surface area (Å²) in [5.74, 6) is 0.600. The van der Waals surface area contributed by atoms with E-state index in [1.165, 1.54) is 4.57 Å². The van der Waals surface area contributed by atoms with E-state index in [1.807, 2.05) is 68.4 Å². The Bertz CT molecular complexity index is 1470. The zero-order valence-electron chi connectivity index (χ0n) is 20.8. The molecule has 9 heteroatoms. The number of hydrogen-bond donors (Lipinski definition) is 1. The predicted molar refractivity (Wildman–Crippen MR) is 138 cm³/mol. The summed E-state index contributed by atoms with van der Waals surface area (Å²) in [4.78, 5) is 44.1. The van der Waals surface area contributed by atoms with Crippen molar-refractivity contribution in [3.8, 4) is 5.75 Å². The number of benzene rings is 2. The lowest BCUT2D eigenvalue weighted by atomic mass is 10.1. The highest BCUT2D eigenvalue weighted by Crippen LogP contribution is 2.17. The van der Waals surface area contributed by atoms with Gasteiger partial charge in [0.15, 0.2) is 11.2 Å². The number of ether oxygens (including phenoxy) is 1. The van der Waals surface area contributed by atoms with Gasteiger partial charge in [0, 0.05) is 13.1 Å². The van der Waals surface area contributed by atoms with Gasteiger partial charge in [-0.3, -0.25) is 14.2 Å². The SMILES string of the molecule is COc1ccccc1CCNC(=O)Cn1c(=O)c2c(ncn2CC(C)C)n(Cc2ccccc2)c1=O. The quantitative estimate of drug-likeness (QED) is 0.369. The van der Waals surface area contributed by atoms with Crippen molar-refractivity contribution < 1.29 is 9.53 Å². The van der Waals surface area contributed by atoms with E-state index in [0.717, 1.165) is 21.4 Å². The van der Waals surface area contributed by atoms with E-state index >= 15 is 0 Å². The molecule has 0 aliphatic rings. The number of fused-ring (bicyclic) bond motifs is 1. The molecule has 0 radical (unpaired) electrons. The Morgan fingerprint density at radius 3 is 2.47 bits per heavy atom. The van der Waals surface area contributed by atoms with Crippen molar-refractivity contribution in [3.63, 3.8) is 0 Å². The maximum absolute atomic E-state index is 13.4. The van der Waals surface area contributed by atoms with Crippen LogP contribution in [0.5, 0.6) is 5.75 Å². The molecule has 2 heterocycles. The molecule has 2 aromatic carbocycles. The lowest BCUT2D eigenvalue weighted by molar-refractivity contribution is -0.121. The molecule has 4 aromatic rings. The van der Waals surface area contributed by atoms with E-state index < -0.39 is 17.2 Å². The van der Waals surface area contributed by atoms with Crippen LogP contribution in [-0.4, -0.2) is 38.2 Å². The second-order valence-electron chi connectivity index (χ2n) is 9.12. The largest absolute Gasteiger partial charge is 0.496 e. The summed E-state index contributed by atoms with van der Waals surface area (Å²) in [6.45, 7) is 4.87. The minimum absolute atomic E-state index is 0.241. The van der Waals surface area contributed by atoms with Gasteiger partial charge in [0.05, 0.1) is 20.0 Å². The Labute approximate surface area is 209 Å². The number of hydrogen-bond acceptors (Lipinski definition) is 5. The number of carbonyl (C=O) groups is 1. The molecule has 188 valence electrons. The molecular weight excluding hydrogens is 458 g/mol. The molecule has 0 atom stereocenters. The number of aromatic nitrogens is 4. The summed E-state index contributed by atoms with van der Waals surface area (Å²) in [6.07, 6.45) is 2.15. The first kappa shape index (κ1) is 25.0. The molecule has 2 aromatic heterocycles. The monoisotopic (exact) mass is 489 g/mol. The average Bonchev–Trinajstić information content (AvgIpc) is 3.28. The lowest BCUT2D eigenvalue weighted by Gasteiger charge is -2.14. The van der Waals surface area contributed by atoms with Crippen molar-refractivity contribution in [1.29, 1.82) is 0 Å². The molecule has 4 rings (SSSR count). The summed E-state index contributed by atoms with van der Waals surface area (Å²) in [7, 11) is 1.60. The number of nitrogens with zero attached hydrogens (tertiary/aromatic N) is 4. The van der Waals surface area contributed by atoms with Gasteiger partial charge in [-0.05, 0) is 29.5 Å². The van der Waals surface area contributed by atoms with Gasteiger partial charge in [0.1, 0.15) is 12.3 Å². The van der Waals surface area contributed by atoms with E-state index in [9.17, 15) is 14.4 Å². The van der Waals surface area contributed by atoms with Crippen molar-refractivity contribution in [1.82, 2.24) is 24.0 Å². The average molecular weight is 490 g/mol. The standard InChI is InChI=1S/C27H31N5O4/c1-19(2)15-30-18-29-25-24(30)26(34)32(27(35)31(25)16-20-9-5-4-6-10-20)17-23(33)28-14-13-21-11-7-8-12-22(21)36-3/h4-12,18-19H,13-17H2,1-3H3,(H,28,33). The van der Waals surface area contributed by atoms with Crippen LogP contribution in [0.25, 0.3) is 11.2 Å². The van der Waals surface area contributed by atoms with E-state index in [4.69, 9.17) is 4.74 Å². The molecule has 0 aliphatic heterocycles. The van der Waals surface area contributed by atoms with Gasteiger partial charge in [0.25, 0.3) is 5.56 Å². The Morgan fingerprint density at radius 1 is 1.03 bits per heavy atom. The zero-order valence-corrected chi connectivity index (χ0v) is 20.8. The van der Waals surface area contributed by atoms with E-state index in [0.29, 0.717) is 30.7 Å². The summed E-state index contributed by atoms with van der Waals surface area (Å²) < 4.78 is 9.58. The number of imidazole rings is 1. The smallest absolute Gasteiger partial charge is 0.333 e. The van der Waals surface area contributed by atoms with E-state index in [-0.39, 0.29) is 19.0 Å². The number of nitrogens with one attached hydrogen (secondary N) is 1. The number of para-hydroxylation sites is 1. The minimum atomic E-state index is -0.564. The molecule has 0 aliphatic carbocycles. The Balaban J connectivity index is 1.63. The first-order valence-electron chi connectivity index (χ1n) is 12.0. The molecule has 0 bridgehead atoms. The third kappa shape index (κ3) is 5.40. The van der Waals surface area contributed by atoms with Gasteiger partial charge in [-0.2, -0.15) is 0 Å². The Kier molecular flexibility index (Phi) is 7.68. The van der Waals surface area contributed by atoms with Crippen LogP contribution in [0.2, 0.25) is 0 Å². The van der Waals surface area contributed by atoms with Crippen molar-refractivity contribution in [2.45, 2.75) is 39.9 Å². The lowest BCUT2D eigenvalue weighted by Crippen LogP contribution is -2.44. The summed E-state index contributed by atoms with van der Waals surface area (Å²) in [5, 5.41) is 2.82. The normalized spacial score (nSPS) is 11.2. The number of carbonyl (C=O) groups excluding carboxylic acids is 1. The van der Waals surface area contributed by atoms with Crippen molar-refractivity contribution in [2.24, 2.45) is 5.92 Å². The molecule has 0 spiro atoms. The molecular formula is C27H31N5O4. The third-order valence-electron chi connectivity index (χ3n) is 5.94. The van der Waals surface area contributed by atoms with Crippen LogP contribution in [0.4, 0.5) is 0 Å². The number of methoxy groups -OCH3 is 1. The highest BCUT2D eigenvalue weighted by Gasteiger charge is 2.20. The number of amides is 1. The van der Waals surface area contributed by atoms with Gasteiger partial charge in [0.2, 0.25) is 5.91 Å². The fourth-order valence-corrected chi connectivity index (χ4v) is 4.26. The molecule has 0 saturated heterocycles. The van der Waals surface area contributed by atoms with Gasteiger partial charge in [-0.25, -0.2) is 14.3 Å². The summed E-state index contributed by atoms with van der Waals surface area (Å²) in [6, 6.07) is 17.1. The fraction of sp³-hybridized carbons (Fsp3) is 0.333. The van der Waals surface area contributed by atoms with Crippen molar-refractivity contribution >= 4 is 17.1 Å². The second kappa shape index (κ2) is 11.1. The maximum Gasteiger partial charge on any atom is 0.333 e. The third-order valence-corrected chi connectivity index (χ3v) is 5.94. The molecule has 36 heavy (non-hydrogen) atoms. The van der Waals surface area contributed by atoms with Gasteiger partial charge in [-0.15, -0.1) is 0 Å². The second-order valence-corrected chi connectivity index (χ2v) is 9.12. The van der Waals surface area contributed by atoms with Crippen LogP contribution in [0.15, 0.2) is 70.5 Å². The molecule has 1 amide bonds. The predicted octanol–water partition coefficient (Wildman–Crippen LogP) is 2.43. The van der Waals surface area contributed by atoms with Crippen LogP contribution in [0.1, 0.15) is 25.0 Å². The Hall–Kier alpha value is -4.14. The van der Waals surface area contributed by atoms with Crippen molar-refractivity contribution in [3.05, 3.63) is 92.9 Å². The zero-order chi connectivity index (χ0) is 25.7. The van der Waals surface area contributed by atoms with Crippen LogP contribution in [0, 0.1) is 5.92 Å². The van der Waals surface area contributed by atoms with E-state index in [1.54, 1.807) is 18.0 Å². The first-order chi connectivity index (χ1) is 17.4. The molecule has 1 N–H and O–H groups in total. The van der Waals surface area contributed by atoms with Crippen molar-refractivity contribution in [2.75, 3.05) is 13.7 Å². The summed E-state index contributed by atoms with van der Waals surface area (Å²) >= 11 is 0. The number of rotatable bonds is 10. The topological polar surface area (TPSA) is 100 Å².